The first-order chi connectivity index (χ1) is 18.6. The van der Waals surface area contributed by atoms with Gasteiger partial charge in [0.15, 0.2) is 0 Å². The van der Waals surface area contributed by atoms with Crippen LogP contribution in [0.3, 0.4) is 0 Å². The molecule has 2 aliphatic rings. The number of hydrogen-bond acceptors (Lipinski definition) is 8. The summed E-state index contributed by atoms with van der Waals surface area (Å²) in [5.41, 5.74) is 1.96. The smallest absolute Gasteiger partial charge is 0.372 e. The minimum atomic E-state index is -4.60. The fraction of sp³-hybridized carbons (Fsp3) is 0.593. The van der Waals surface area contributed by atoms with Crippen molar-refractivity contribution in [1.82, 2.24) is 20.2 Å². The first kappa shape index (κ1) is 28.9. The fourth-order valence-corrected chi connectivity index (χ4v) is 4.90. The highest BCUT2D eigenvalue weighted by Crippen LogP contribution is 2.34. The van der Waals surface area contributed by atoms with Crippen molar-refractivity contribution in [2.45, 2.75) is 51.7 Å². The molecular formula is C27H38F3N7O2. The van der Waals surface area contributed by atoms with Gasteiger partial charge in [-0.3, -0.25) is 4.79 Å². The summed E-state index contributed by atoms with van der Waals surface area (Å²) < 4.78 is 46.3. The molecule has 2 aliphatic heterocycles. The van der Waals surface area contributed by atoms with Gasteiger partial charge in [0.2, 0.25) is 11.9 Å². The molecule has 1 aromatic carbocycles. The van der Waals surface area contributed by atoms with E-state index in [1.54, 1.807) is 4.90 Å². The highest BCUT2D eigenvalue weighted by Gasteiger charge is 2.35. The highest BCUT2D eigenvalue weighted by atomic mass is 19.4. The number of nitrogens with zero attached hydrogens (tertiary/aromatic N) is 4. The molecule has 39 heavy (non-hydrogen) atoms. The van der Waals surface area contributed by atoms with Gasteiger partial charge in [-0.1, -0.05) is 6.92 Å². The first-order valence-electron chi connectivity index (χ1n) is 13.5. The van der Waals surface area contributed by atoms with E-state index in [4.69, 9.17) is 4.74 Å². The fourth-order valence-electron chi connectivity index (χ4n) is 4.90. The van der Waals surface area contributed by atoms with Gasteiger partial charge in [0.1, 0.15) is 18.0 Å². The lowest BCUT2D eigenvalue weighted by Crippen LogP contribution is -2.57. The molecule has 1 aromatic heterocycles. The summed E-state index contributed by atoms with van der Waals surface area (Å²) in [7, 11) is 0. The predicted octanol–water partition coefficient (Wildman–Crippen LogP) is 4.04. The Bertz CT molecular complexity index is 1140. The van der Waals surface area contributed by atoms with Crippen LogP contribution in [-0.2, 0) is 22.1 Å². The molecule has 0 bridgehead atoms. The lowest BCUT2D eigenvalue weighted by molar-refractivity contribution is -0.137. The molecule has 0 unspecified atom stereocenters. The second-order valence-corrected chi connectivity index (χ2v) is 10.6. The van der Waals surface area contributed by atoms with Crippen molar-refractivity contribution in [2.75, 3.05) is 68.0 Å². The lowest BCUT2D eigenvalue weighted by Gasteiger charge is -2.40. The van der Waals surface area contributed by atoms with Crippen LogP contribution in [0.2, 0.25) is 0 Å². The Morgan fingerprint density at radius 2 is 2.05 bits per heavy atom. The Hall–Kier alpha value is -3.12. The number of rotatable bonds is 9. The molecule has 2 aromatic rings. The van der Waals surface area contributed by atoms with Gasteiger partial charge in [0.05, 0.1) is 0 Å². The van der Waals surface area contributed by atoms with Crippen molar-refractivity contribution >= 4 is 29.0 Å². The van der Waals surface area contributed by atoms with Crippen molar-refractivity contribution in [2.24, 2.45) is 0 Å². The largest absolute Gasteiger partial charge is 0.421 e. The van der Waals surface area contributed by atoms with Crippen LogP contribution in [0.1, 0.15) is 44.7 Å². The van der Waals surface area contributed by atoms with E-state index in [1.807, 2.05) is 19.1 Å². The number of piperazine rings is 1. The predicted molar refractivity (Wildman–Crippen MR) is 146 cm³/mol. The van der Waals surface area contributed by atoms with E-state index in [9.17, 15) is 18.0 Å². The molecule has 3 heterocycles. The second-order valence-electron chi connectivity index (χ2n) is 10.6. The monoisotopic (exact) mass is 549 g/mol. The summed E-state index contributed by atoms with van der Waals surface area (Å²) >= 11 is 0. The van der Waals surface area contributed by atoms with Crippen molar-refractivity contribution < 1.29 is 22.7 Å². The Kier molecular flexibility index (Phi) is 9.16. The number of carbonyl (C=O) groups is 1. The summed E-state index contributed by atoms with van der Waals surface area (Å²) in [6, 6.07) is 6.06. The standard InChI is InChI=1S/C27H38F3N7O2/c1-4-19-15-20(37-13-10-33-26(2,3)18-37)7-8-22(19)34-25-32-16-21(27(28,29)30)24(35-25)31-9-5-11-36-12-6-14-39-17-23(36)38/h7-8,15-16,33H,4-6,9-14,17-18H2,1-3H3,(H2,31,32,34,35). The lowest BCUT2D eigenvalue weighted by atomic mass is 10.0. The molecule has 0 radical (unpaired) electrons. The van der Waals surface area contributed by atoms with Crippen LogP contribution in [0.25, 0.3) is 0 Å². The first-order valence-corrected chi connectivity index (χ1v) is 13.5. The van der Waals surface area contributed by atoms with Gasteiger partial charge in [-0.2, -0.15) is 18.2 Å². The number of aryl methyl sites for hydroxylation is 1. The third-order valence-corrected chi connectivity index (χ3v) is 6.94. The molecule has 0 atom stereocenters. The van der Waals surface area contributed by atoms with Gasteiger partial charge in [-0.05, 0) is 56.9 Å². The number of ether oxygens (including phenoxy) is 1. The van der Waals surface area contributed by atoms with E-state index in [0.717, 1.165) is 55.6 Å². The molecule has 3 N–H and O–H groups in total. The molecule has 1 amide bonds. The zero-order chi connectivity index (χ0) is 28.0. The van der Waals surface area contributed by atoms with E-state index < -0.39 is 11.7 Å². The summed E-state index contributed by atoms with van der Waals surface area (Å²) in [5.74, 6) is -0.310. The zero-order valence-corrected chi connectivity index (χ0v) is 22.8. The number of alkyl halides is 3. The van der Waals surface area contributed by atoms with Gasteiger partial charge >= 0.3 is 6.18 Å². The average molecular weight is 550 g/mol. The number of carbonyl (C=O) groups excluding carboxylic acids is 1. The Balaban J connectivity index is 1.45. The van der Waals surface area contributed by atoms with Gasteiger partial charge in [0.25, 0.3) is 0 Å². The maximum Gasteiger partial charge on any atom is 0.421 e. The van der Waals surface area contributed by atoms with Gasteiger partial charge in [0, 0.05) is 69.0 Å². The summed E-state index contributed by atoms with van der Waals surface area (Å²) in [6.07, 6.45) is -1.85. The number of benzene rings is 1. The number of halogens is 3. The van der Waals surface area contributed by atoms with Gasteiger partial charge < -0.3 is 30.5 Å². The topological polar surface area (TPSA) is 94.6 Å². The zero-order valence-electron chi connectivity index (χ0n) is 22.8. The van der Waals surface area contributed by atoms with Gasteiger partial charge in [-0.25, -0.2) is 4.98 Å². The number of hydrogen-bond donors (Lipinski definition) is 3. The summed E-state index contributed by atoms with van der Waals surface area (Å²) in [6.45, 7) is 10.9. The molecule has 4 rings (SSSR count). The van der Waals surface area contributed by atoms with E-state index in [1.165, 1.54) is 0 Å². The van der Waals surface area contributed by atoms with Crippen molar-refractivity contribution in [3.05, 3.63) is 35.5 Å². The average Bonchev–Trinajstić information content (AvgIpc) is 3.09. The summed E-state index contributed by atoms with van der Waals surface area (Å²) in [5, 5.41) is 9.44. The SMILES string of the molecule is CCc1cc(N2CCNC(C)(C)C2)ccc1Nc1ncc(C(F)(F)F)c(NCCCN2CCCOCC2=O)n1. The molecule has 0 saturated carbocycles. The molecular weight excluding hydrogens is 511 g/mol. The maximum absolute atomic E-state index is 13.7. The Morgan fingerprint density at radius 3 is 2.79 bits per heavy atom. The third kappa shape index (κ3) is 7.72. The molecule has 0 aliphatic carbocycles. The van der Waals surface area contributed by atoms with E-state index in [0.29, 0.717) is 26.1 Å². The van der Waals surface area contributed by atoms with Crippen LogP contribution in [0.5, 0.6) is 0 Å². The van der Waals surface area contributed by atoms with Crippen molar-refractivity contribution in [3.8, 4) is 0 Å². The normalized spacial score (nSPS) is 18.2. The quantitative estimate of drug-likeness (QED) is 0.404. The van der Waals surface area contributed by atoms with Crippen LogP contribution in [-0.4, -0.2) is 78.8 Å². The Morgan fingerprint density at radius 1 is 1.23 bits per heavy atom. The molecule has 214 valence electrons. The second kappa shape index (κ2) is 12.4. The van der Waals surface area contributed by atoms with E-state index in [2.05, 4.69) is 50.7 Å². The van der Waals surface area contributed by atoms with Gasteiger partial charge in [-0.15, -0.1) is 0 Å². The van der Waals surface area contributed by atoms with Crippen LogP contribution >= 0.6 is 0 Å². The van der Waals surface area contributed by atoms with E-state index in [-0.39, 0.29) is 36.4 Å². The van der Waals surface area contributed by atoms with Crippen LogP contribution < -0.4 is 20.9 Å². The number of amides is 1. The maximum atomic E-state index is 13.7. The number of anilines is 4. The van der Waals surface area contributed by atoms with Crippen LogP contribution in [0, 0.1) is 0 Å². The minimum Gasteiger partial charge on any atom is -0.372 e. The van der Waals surface area contributed by atoms with Crippen LogP contribution in [0.4, 0.5) is 36.3 Å². The third-order valence-electron chi connectivity index (χ3n) is 6.94. The molecule has 0 spiro atoms. The molecule has 2 saturated heterocycles. The van der Waals surface area contributed by atoms with Crippen molar-refractivity contribution in [3.63, 3.8) is 0 Å². The number of aromatic nitrogens is 2. The van der Waals surface area contributed by atoms with E-state index >= 15 is 0 Å². The Labute approximate surface area is 227 Å². The van der Waals surface area contributed by atoms with Crippen molar-refractivity contribution in [1.29, 1.82) is 0 Å². The highest BCUT2D eigenvalue weighted by molar-refractivity contribution is 5.77. The molecule has 12 heteroatoms. The molecule has 9 nitrogen and oxygen atoms in total. The number of nitrogens with one attached hydrogen (secondary N) is 3. The summed E-state index contributed by atoms with van der Waals surface area (Å²) in [4.78, 5) is 24.2. The van der Waals surface area contributed by atoms with Crippen LogP contribution in [0.15, 0.2) is 24.4 Å². The minimum absolute atomic E-state index is 0.00997. The molecule has 2 fully saturated rings.